The van der Waals surface area contributed by atoms with Crippen LogP contribution in [-0.2, 0) is 0 Å². The summed E-state index contributed by atoms with van der Waals surface area (Å²) in [7, 11) is 0. The molecule has 0 aromatic heterocycles. The van der Waals surface area contributed by atoms with Crippen LogP contribution >= 0.6 is 22.6 Å². The van der Waals surface area contributed by atoms with E-state index in [-0.39, 0.29) is 20.3 Å². The Balaban J connectivity index is 2.29. The van der Waals surface area contributed by atoms with E-state index in [1.165, 1.54) is 19.3 Å². The number of hydrogen-bond donors (Lipinski definition) is 0. The second kappa shape index (κ2) is 3.06. The number of rotatable bonds is 2. The van der Waals surface area contributed by atoms with Crippen LogP contribution in [0.5, 0.6) is 0 Å². The number of nitrogens with zero attached hydrogens (tertiary/aromatic N) is 1. The molecular formula is C10H16INO2. The summed E-state index contributed by atoms with van der Waals surface area (Å²) in [5.74, 6) is 1.29. The van der Waals surface area contributed by atoms with Gasteiger partial charge in [-0.2, -0.15) is 0 Å². The Bertz CT molecular complexity index is 279. The fourth-order valence-electron chi connectivity index (χ4n) is 3.44. The molecule has 0 amide bonds. The maximum atomic E-state index is 10.7. The van der Waals surface area contributed by atoms with E-state index in [9.17, 15) is 10.1 Å². The van der Waals surface area contributed by atoms with E-state index in [0.717, 1.165) is 0 Å². The van der Waals surface area contributed by atoms with Gasteiger partial charge in [-0.1, -0.05) is 36.4 Å². The molecule has 14 heavy (non-hydrogen) atoms. The van der Waals surface area contributed by atoms with Gasteiger partial charge < -0.3 is 0 Å². The lowest BCUT2D eigenvalue weighted by atomic mass is 9.68. The largest absolute Gasteiger partial charge is 0.264 e. The van der Waals surface area contributed by atoms with E-state index < -0.39 is 0 Å². The second-order valence-electron chi connectivity index (χ2n) is 5.28. The number of alkyl halides is 1. The van der Waals surface area contributed by atoms with Gasteiger partial charge >= 0.3 is 0 Å². The van der Waals surface area contributed by atoms with Crippen molar-refractivity contribution in [1.29, 1.82) is 0 Å². The lowest BCUT2D eigenvalue weighted by Crippen LogP contribution is -2.49. The molecule has 0 heterocycles. The first-order valence-corrected chi connectivity index (χ1v) is 6.26. The first kappa shape index (κ1) is 10.6. The molecule has 2 fully saturated rings. The normalized spacial score (nSPS) is 44.2. The molecule has 4 heteroatoms. The van der Waals surface area contributed by atoms with Crippen molar-refractivity contribution in [2.45, 2.75) is 36.5 Å². The summed E-state index contributed by atoms with van der Waals surface area (Å²) < 4.78 is -0.100. The Morgan fingerprint density at radius 1 is 1.43 bits per heavy atom. The molecule has 1 unspecified atom stereocenters. The quantitative estimate of drug-likeness (QED) is 0.341. The van der Waals surface area contributed by atoms with E-state index in [0.29, 0.717) is 11.8 Å². The molecule has 0 spiro atoms. The van der Waals surface area contributed by atoms with Gasteiger partial charge in [0.25, 0.3) is 0 Å². The highest BCUT2D eigenvalue weighted by molar-refractivity contribution is 14.1. The SMILES string of the molecule is CC1(C)[C@H]2CC[C@H](C2)C1(I)C[N+](=O)[O-]. The molecule has 2 aliphatic carbocycles. The summed E-state index contributed by atoms with van der Waals surface area (Å²) in [4.78, 5) is 10.6. The van der Waals surface area contributed by atoms with Crippen molar-refractivity contribution >= 4 is 22.6 Å². The highest BCUT2D eigenvalue weighted by atomic mass is 127. The number of nitro groups is 1. The molecule has 0 aliphatic heterocycles. The van der Waals surface area contributed by atoms with Gasteiger partial charge in [0.1, 0.15) is 0 Å². The van der Waals surface area contributed by atoms with Crippen LogP contribution in [-0.4, -0.2) is 14.9 Å². The van der Waals surface area contributed by atoms with Gasteiger partial charge in [0, 0.05) is 4.92 Å². The average molecular weight is 309 g/mol. The lowest BCUT2D eigenvalue weighted by Gasteiger charge is -2.43. The first-order chi connectivity index (χ1) is 6.38. The molecule has 0 aromatic carbocycles. The van der Waals surface area contributed by atoms with E-state index in [1.807, 2.05) is 0 Å². The Hall–Kier alpha value is 0.130. The smallest absolute Gasteiger partial charge is 0.219 e. The van der Waals surface area contributed by atoms with Crippen LogP contribution in [0.4, 0.5) is 0 Å². The molecule has 0 N–H and O–H groups in total. The summed E-state index contributed by atoms with van der Waals surface area (Å²) in [6.07, 6.45) is 3.69. The number of halogens is 1. The van der Waals surface area contributed by atoms with Crippen molar-refractivity contribution in [3.05, 3.63) is 10.1 Å². The van der Waals surface area contributed by atoms with Crippen LogP contribution < -0.4 is 0 Å². The van der Waals surface area contributed by atoms with Crippen LogP contribution in [0.1, 0.15) is 33.1 Å². The maximum absolute atomic E-state index is 10.7. The molecule has 2 saturated carbocycles. The predicted molar refractivity (Wildman–Crippen MR) is 63.2 cm³/mol. The summed E-state index contributed by atoms with van der Waals surface area (Å²) in [6.45, 7) is 4.57. The zero-order valence-corrected chi connectivity index (χ0v) is 10.8. The predicted octanol–water partition coefficient (Wildman–Crippen LogP) is 2.89. The average Bonchev–Trinajstić information content (AvgIpc) is 2.54. The lowest BCUT2D eigenvalue weighted by molar-refractivity contribution is -0.488. The van der Waals surface area contributed by atoms with Gasteiger partial charge in [-0.3, -0.25) is 10.1 Å². The van der Waals surface area contributed by atoms with Crippen molar-refractivity contribution in [1.82, 2.24) is 0 Å². The maximum Gasteiger partial charge on any atom is 0.219 e. The van der Waals surface area contributed by atoms with Gasteiger partial charge in [-0.15, -0.1) is 0 Å². The zero-order chi connectivity index (χ0) is 10.6. The molecular weight excluding hydrogens is 293 g/mol. The van der Waals surface area contributed by atoms with Crippen molar-refractivity contribution in [2.75, 3.05) is 6.54 Å². The highest BCUT2D eigenvalue weighted by Crippen LogP contribution is 2.65. The van der Waals surface area contributed by atoms with Crippen molar-refractivity contribution in [3.8, 4) is 0 Å². The van der Waals surface area contributed by atoms with Crippen LogP contribution in [0, 0.1) is 27.4 Å². The zero-order valence-electron chi connectivity index (χ0n) is 8.62. The van der Waals surface area contributed by atoms with Crippen molar-refractivity contribution < 1.29 is 4.92 Å². The van der Waals surface area contributed by atoms with Gasteiger partial charge in [-0.05, 0) is 36.5 Å². The minimum absolute atomic E-state index is 0.100. The molecule has 0 saturated heterocycles. The molecule has 0 radical (unpaired) electrons. The molecule has 3 nitrogen and oxygen atoms in total. The summed E-state index contributed by atoms with van der Waals surface area (Å²) >= 11 is 2.37. The van der Waals surface area contributed by atoms with Gasteiger partial charge in [0.05, 0.1) is 3.42 Å². The minimum atomic E-state index is -0.130. The number of hydrogen-bond acceptors (Lipinski definition) is 2. The van der Waals surface area contributed by atoms with Crippen LogP contribution in [0.25, 0.3) is 0 Å². The summed E-state index contributed by atoms with van der Waals surface area (Å²) in [5.41, 5.74) is 0.142. The molecule has 3 atom stereocenters. The van der Waals surface area contributed by atoms with Gasteiger partial charge in [-0.25, -0.2) is 0 Å². The second-order valence-corrected chi connectivity index (χ2v) is 7.21. The summed E-state index contributed by atoms with van der Waals surface area (Å²) in [6, 6.07) is 0. The summed E-state index contributed by atoms with van der Waals surface area (Å²) in [5, 5.41) is 10.7. The Labute approximate surface area is 97.9 Å². The van der Waals surface area contributed by atoms with Crippen LogP contribution in [0.3, 0.4) is 0 Å². The fourth-order valence-corrected chi connectivity index (χ4v) is 4.72. The molecule has 80 valence electrons. The van der Waals surface area contributed by atoms with E-state index in [4.69, 9.17) is 0 Å². The fraction of sp³-hybridized carbons (Fsp3) is 1.00. The molecule has 2 rings (SSSR count). The van der Waals surface area contributed by atoms with Crippen molar-refractivity contribution in [3.63, 3.8) is 0 Å². The molecule has 2 aliphatic rings. The minimum Gasteiger partial charge on any atom is -0.264 e. The third-order valence-corrected chi connectivity index (χ3v) is 7.14. The van der Waals surface area contributed by atoms with Gasteiger partial charge in [0.15, 0.2) is 0 Å². The standard InChI is InChI=1S/C10H16INO2/c1-9(2)7-3-4-8(5-7)10(9,11)6-12(13)14/h7-8H,3-6H2,1-2H3/t7-,8+,10?/m0/s1. The Morgan fingerprint density at radius 2 is 2.00 bits per heavy atom. The monoisotopic (exact) mass is 309 g/mol. The van der Waals surface area contributed by atoms with E-state index in [1.54, 1.807) is 0 Å². The van der Waals surface area contributed by atoms with E-state index in [2.05, 4.69) is 36.4 Å². The third kappa shape index (κ3) is 1.22. The van der Waals surface area contributed by atoms with Crippen LogP contribution in [0.2, 0.25) is 0 Å². The first-order valence-electron chi connectivity index (χ1n) is 5.18. The van der Waals surface area contributed by atoms with Gasteiger partial charge in [0.2, 0.25) is 6.54 Å². The molecule has 0 aromatic rings. The van der Waals surface area contributed by atoms with Crippen LogP contribution in [0.15, 0.2) is 0 Å². The Kier molecular flexibility index (Phi) is 2.33. The topological polar surface area (TPSA) is 43.1 Å². The Morgan fingerprint density at radius 3 is 2.43 bits per heavy atom. The highest BCUT2D eigenvalue weighted by Gasteiger charge is 2.64. The third-order valence-electron chi connectivity index (χ3n) is 4.53. The number of fused-ring (bicyclic) bond motifs is 2. The van der Waals surface area contributed by atoms with Crippen molar-refractivity contribution in [2.24, 2.45) is 17.3 Å². The molecule has 2 bridgehead atoms. The van der Waals surface area contributed by atoms with E-state index >= 15 is 0 Å².